The molecule has 1 heterocycles. The molecule has 0 fully saturated rings. The number of hydrogen-bond acceptors (Lipinski definition) is 6. The zero-order valence-corrected chi connectivity index (χ0v) is 11.0. The number of hydrogen-bond donors (Lipinski definition) is 2. The second-order valence-electron chi connectivity index (χ2n) is 4.24. The quantitative estimate of drug-likeness (QED) is 0.859. The van der Waals surface area contributed by atoms with Gasteiger partial charge in [-0.25, -0.2) is 0 Å². The molecule has 1 atom stereocenters. The van der Waals surface area contributed by atoms with Crippen molar-refractivity contribution in [1.82, 2.24) is 10.1 Å². The topological polar surface area (TPSA) is 94.4 Å². The van der Waals surface area contributed by atoms with Gasteiger partial charge in [0, 0.05) is 5.56 Å². The molecule has 102 valence electrons. The van der Waals surface area contributed by atoms with Crippen LogP contribution in [0.15, 0.2) is 22.7 Å². The molecule has 1 aromatic carbocycles. The van der Waals surface area contributed by atoms with E-state index in [2.05, 4.69) is 10.1 Å². The zero-order chi connectivity index (χ0) is 13.8. The van der Waals surface area contributed by atoms with Gasteiger partial charge in [-0.15, -0.1) is 0 Å². The third-order valence-electron chi connectivity index (χ3n) is 2.80. The largest absolute Gasteiger partial charge is 0.504 e. The summed E-state index contributed by atoms with van der Waals surface area (Å²) in [6.45, 7) is 2.04. The van der Waals surface area contributed by atoms with Crippen LogP contribution in [0.1, 0.15) is 31.7 Å². The van der Waals surface area contributed by atoms with E-state index in [1.54, 1.807) is 12.1 Å². The smallest absolute Gasteiger partial charge is 0.243 e. The fourth-order valence-electron chi connectivity index (χ4n) is 1.75. The number of ether oxygens (including phenoxy) is 1. The molecule has 2 rings (SSSR count). The second kappa shape index (κ2) is 5.71. The summed E-state index contributed by atoms with van der Waals surface area (Å²) in [5, 5.41) is 13.4. The molecular weight excluding hydrogens is 246 g/mol. The highest BCUT2D eigenvalue weighted by molar-refractivity contribution is 5.60. The van der Waals surface area contributed by atoms with Gasteiger partial charge in [-0.3, -0.25) is 0 Å². The first-order chi connectivity index (χ1) is 9.15. The maximum absolute atomic E-state index is 9.54. The van der Waals surface area contributed by atoms with E-state index in [0.29, 0.717) is 23.0 Å². The minimum atomic E-state index is -0.245. The van der Waals surface area contributed by atoms with Gasteiger partial charge < -0.3 is 20.1 Å². The van der Waals surface area contributed by atoms with Gasteiger partial charge in [-0.1, -0.05) is 18.5 Å². The van der Waals surface area contributed by atoms with Crippen LogP contribution in [0, 0.1) is 0 Å². The molecule has 0 saturated heterocycles. The number of benzene rings is 1. The van der Waals surface area contributed by atoms with E-state index in [9.17, 15) is 5.11 Å². The number of phenolic OH excluding ortho intramolecular Hbond substituents is 1. The van der Waals surface area contributed by atoms with Crippen molar-refractivity contribution in [2.24, 2.45) is 5.73 Å². The van der Waals surface area contributed by atoms with E-state index >= 15 is 0 Å². The average Bonchev–Trinajstić information content (AvgIpc) is 2.89. The van der Waals surface area contributed by atoms with E-state index in [-0.39, 0.29) is 11.8 Å². The van der Waals surface area contributed by atoms with Gasteiger partial charge >= 0.3 is 0 Å². The number of aromatic hydroxyl groups is 1. The fraction of sp³-hybridized carbons (Fsp3) is 0.385. The van der Waals surface area contributed by atoms with Crippen LogP contribution in [-0.2, 0) is 0 Å². The van der Waals surface area contributed by atoms with Crippen LogP contribution in [0.4, 0.5) is 0 Å². The molecule has 0 aliphatic carbocycles. The first kappa shape index (κ1) is 13.4. The third kappa shape index (κ3) is 2.85. The minimum absolute atomic E-state index is 0.0673. The molecule has 2 aromatic rings. The van der Waals surface area contributed by atoms with Crippen LogP contribution in [0.5, 0.6) is 11.5 Å². The molecule has 1 aromatic heterocycles. The van der Waals surface area contributed by atoms with E-state index in [0.717, 1.165) is 12.8 Å². The number of nitrogens with two attached hydrogens (primary N) is 1. The molecule has 1 unspecified atom stereocenters. The molecule has 0 aliphatic heterocycles. The summed E-state index contributed by atoms with van der Waals surface area (Å²) >= 11 is 0. The molecule has 19 heavy (non-hydrogen) atoms. The lowest BCUT2D eigenvalue weighted by molar-refractivity contribution is 0.348. The van der Waals surface area contributed by atoms with Crippen molar-refractivity contribution < 1.29 is 14.4 Å². The van der Waals surface area contributed by atoms with E-state index < -0.39 is 0 Å². The Morgan fingerprint density at radius 1 is 1.47 bits per heavy atom. The van der Waals surface area contributed by atoms with Gasteiger partial charge in [-0.2, -0.15) is 4.98 Å². The predicted octanol–water partition coefficient (Wildman–Crippen LogP) is 2.25. The molecule has 6 nitrogen and oxygen atoms in total. The predicted molar refractivity (Wildman–Crippen MR) is 69.8 cm³/mol. The summed E-state index contributed by atoms with van der Waals surface area (Å²) in [4.78, 5) is 4.26. The van der Waals surface area contributed by atoms with Crippen LogP contribution in [0.25, 0.3) is 11.4 Å². The van der Waals surface area contributed by atoms with Crippen molar-refractivity contribution in [2.45, 2.75) is 25.8 Å². The lowest BCUT2D eigenvalue weighted by atomic mass is 10.1. The lowest BCUT2D eigenvalue weighted by Gasteiger charge is -2.04. The Morgan fingerprint density at radius 2 is 2.26 bits per heavy atom. The lowest BCUT2D eigenvalue weighted by Crippen LogP contribution is -2.09. The molecule has 0 radical (unpaired) electrons. The Hall–Kier alpha value is -2.08. The molecule has 0 bridgehead atoms. The Labute approximate surface area is 111 Å². The highest BCUT2D eigenvalue weighted by Crippen LogP contribution is 2.30. The highest BCUT2D eigenvalue weighted by Gasteiger charge is 2.15. The number of nitrogens with zero attached hydrogens (tertiary/aromatic N) is 2. The average molecular weight is 263 g/mol. The first-order valence-electron chi connectivity index (χ1n) is 6.12. The summed E-state index contributed by atoms with van der Waals surface area (Å²) in [6, 6.07) is 4.62. The molecule has 0 saturated carbocycles. The Balaban J connectivity index is 2.27. The van der Waals surface area contributed by atoms with Gasteiger partial charge in [-0.05, 0) is 24.6 Å². The molecule has 0 spiro atoms. The van der Waals surface area contributed by atoms with E-state index in [1.165, 1.54) is 13.2 Å². The van der Waals surface area contributed by atoms with Crippen molar-refractivity contribution >= 4 is 0 Å². The summed E-state index contributed by atoms with van der Waals surface area (Å²) < 4.78 is 10.2. The zero-order valence-electron chi connectivity index (χ0n) is 11.0. The summed E-state index contributed by atoms with van der Waals surface area (Å²) in [6.07, 6.45) is 1.74. The summed E-state index contributed by atoms with van der Waals surface area (Å²) in [7, 11) is 1.48. The van der Waals surface area contributed by atoms with E-state index in [4.69, 9.17) is 15.0 Å². The van der Waals surface area contributed by atoms with Crippen molar-refractivity contribution in [3.8, 4) is 22.9 Å². The number of methoxy groups -OCH3 is 1. The van der Waals surface area contributed by atoms with Crippen molar-refractivity contribution in [1.29, 1.82) is 0 Å². The molecule has 6 heteroatoms. The van der Waals surface area contributed by atoms with Gasteiger partial charge in [0.15, 0.2) is 11.5 Å². The van der Waals surface area contributed by atoms with Crippen molar-refractivity contribution in [2.75, 3.05) is 7.11 Å². The summed E-state index contributed by atoms with van der Waals surface area (Å²) in [5.41, 5.74) is 6.62. The van der Waals surface area contributed by atoms with Crippen molar-refractivity contribution in [3.63, 3.8) is 0 Å². The maximum atomic E-state index is 9.54. The number of phenols is 1. The SMILES string of the molecule is CCCC(N)c1nc(-c2ccc(O)c(OC)c2)no1. The summed E-state index contributed by atoms with van der Waals surface area (Å²) in [5.74, 6) is 1.28. The maximum Gasteiger partial charge on any atom is 0.243 e. The van der Waals surface area contributed by atoms with Crippen LogP contribution in [0.3, 0.4) is 0 Å². The second-order valence-corrected chi connectivity index (χ2v) is 4.24. The van der Waals surface area contributed by atoms with Gasteiger partial charge in [0.25, 0.3) is 0 Å². The Bertz CT molecular complexity index is 554. The standard InChI is InChI=1S/C13H17N3O3/c1-3-4-9(14)13-15-12(16-19-13)8-5-6-10(17)11(7-8)18-2/h5-7,9,17H,3-4,14H2,1-2H3. The number of rotatable bonds is 5. The normalized spacial score (nSPS) is 12.4. The van der Waals surface area contributed by atoms with E-state index in [1.807, 2.05) is 6.92 Å². The first-order valence-corrected chi connectivity index (χ1v) is 6.12. The minimum Gasteiger partial charge on any atom is -0.504 e. The van der Waals surface area contributed by atoms with Gasteiger partial charge in [0.1, 0.15) is 0 Å². The Kier molecular flexibility index (Phi) is 4.01. The van der Waals surface area contributed by atoms with Gasteiger partial charge in [0.05, 0.1) is 13.2 Å². The molecular formula is C13H17N3O3. The fourth-order valence-corrected chi connectivity index (χ4v) is 1.75. The highest BCUT2D eigenvalue weighted by atomic mass is 16.5. The van der Waals surface area contributed by atoms with Crippen LogP contribution in [0.2, 0.25) is 0 Å². The molecule has 0 aliphatic rings. The number of aromatic nitrogens is 2. The van der Waals surface area contributed by atoms with Gasteiger partial charge in [0.2, 0.25) is 11.7 Å². The molecule has 0 amide bonds. The van der Waals surface area contributed by atoms with Crippen LogP contribution in [-0.4, -0.2) is 22.4 Å². The van der Waals surface area contributed by atoms with Crippen LogP contribution >= 0.6 is 0 Å². The third-order valence-corrected chi connectivity index (χ3v) is 2.80. The van der Waals surface area contributed by atoms with Crippen molar-refractivity contribution in [3.05, 3.63) is 24.1 Å². The molecule has 3 N–H and O–H groups in total. The Morgan fingerprint density at radius 3 is 2.95 bits per heavy atom. The monoisotopic (exact) mass is 263 g/mol. The van der Waals surface area contributed by atoms with Crippen LogP contribution < -0.4 is 10.5 Å².